The van der Waals surface area contributed by atoms with Crippen molar-refractivity contribution in [2.45, 2.75) is 50.9 Å². The zero-order valence-electron chi connectivity index (χ0n) is 24.5. The zero-order chi connectivity index (χ0) is 30.6. The molecule has 0 radical (unpaired) electrons. The van der Waals surface area contributed by atoms with Crippen LogP contribution >= 0.6 is 11.6 Å². The van der Waals surface area contributed by atoms with Gasteiger partial charge in [-0.3, -0.25) is 4.90 Å². The lowest BCUT2D eigenvalue weighted by molar-refractivity contribution is -0.137. The van der Waals surface area contributed by atoms with Crippen molar-refractivity contribution in [3.05, 3.63) is 58.1 Å². The first-order valence-electron chi connectivity index (χ1n) is 14.7. The number of ether oxygens (including phenoxy) is 3. The minimum atomic E-state index is -4.54. The third-order valence-corrected chi connectivity index (χ3v) is 8.68. The maximum absolute atomic E-state index is 13.8. The van der Waals surface area contributed by atoms with E-state index in [0.29, 0.717) is 47.1 Å². The molecule has 1 aromatic heterocycles. The average Bonchev–Trinajstić information content (AvgIpc) is 3.01. The summed E-state index contributed by atoms with van der Waals surface area (Å²) in [4.78, 5) is 23.1. The molecule has 0 unspecified atom stereocenters. The van der Waals surface area contributed by atoms with Gasteiger partial charge in [-0.15, -0.1) is 0 Å². The number of esters is 1. The van der Waals surface area contributed by atoms with Crippen molar-refractivity contribution in [1.82, 2.24) is 14.8 Å². The summed E-state index contributed by atoms with van der Waals surface area (Å²) in [5.74, 6) is -0.278. The molecule has 2 saturated heterocycles. The van der Waals surface area contributed by atoms with E-state index in [-0.39, 0.29) is 22.8 Å². The van der Waals surface area contributed by atoms with Crippen LogP contribution in [-0.2, 0) is 22.2 Å². The Labute approximate surface area is 254 Å². The summed E-state index contributed by atoms with van der Waals surface area (Å²) in [6.07, 6.45) is 1.18. The fourth-order valence-electron chi connectivity index (χ4n) is 6.17. The van der Waals surface area contributed by atoms with Crippen LogP contribution in [0.1, 0.15) is 53.6 Å². The van der Waals surface area contributed by atoms with Gasteiger partial charge in [0.05, 0.1) is 41.1 Å². The lowest BCUT2D eigenvalue weighted by atomic mass is 9.94. The Morgan fingerprint density at radius 2 is 1.77 bits per heavy atom. The number of piperidine rings is 2. The van der Waals surface area contributed by atoms with Crippen molar-refractivity contribution in [1.29, 1.82) is 0 Å². The number of nitrogens with zero attached hydrogens (tertiary/aromatic N) is 3. The number of hydrogen-bond donors (Lipinski definition) is 0. The van der Waals surface area contributed by atoms with Crippen molar-refractivity contribution in [2.24, 2.45) is 0 Å². The van der Waals surface area contributed by atoms with Gasteiger partial charge in [0, 0.05) is 42.3 Å². The zero-order valence-corrected chi connectivity index (χ0v) is 25.3. The molecule has 0 bridgehead atoms. The number of fused-ring (bicyclic) bond motifs is 1. The number of carbonyl (C=O) groups is 1. The molecule has 2 fully saturated rings. The van der Waals surface area contributed by atoms with Crippen molar-refractivity contribution >= 4 is 28.5 Å². The largest absolute Gasteiger partial charge is 0.490 e. The molecule has 43 heavy (non-hydrogen) atoms. The fourth-order valence-corrected chi connectivity index (χ4v) is 6.39. The molecule has 0 spiro atoms. The van der Waals surface area contributed by atoms with E-state index in [4.69, 9.17) is 30.8 Å². The van der Waals surface area contributed by atoms with Gasteiger partial charge < -0.3 is 19.1 Å². The second-order valence-corrected chi connectivity index (χ2v) is 11.5. The number of likely N-dealkylation sites (tertiary alicyclic amines) is 2. The quantitative estimate of drug-likeness (QED) is 0.192. The number of aromatic nitrogens is 1. The smallest absolute Gasteiger partial charge is 0.416 e. The van der Waals surface area contributed by atoms with Gasteiger partial charge in [0.25, 0.3) is 0 Å². The summed E-state index contributed by atoms with van der Waals surface area (Å²) in [6, 6.07) is 8.78. The monoisotopic (exact) mass is 619 g/mol. The van der Waals surface area contributed by atoms with Gasteiger partial charge >= 0.3 is 12.1 Å². The number of carbonyl (C=O) groups excluding carboxylic acids is 1. The van der Waals surface area contributed by atoms with Gasteiger partial charge in [-0.05, 0) is 70.1 Å². The number of alkyl halides is 3. The minimum Gasteiger partial charge on any atom is -0.490 e. The summed E-state index contributed by atoms with van der Waals surface area (Å²) in [7, 11) is 2.84. The molecule has 3 heterocycles. The van der Waals surface area contributed by atoms with Crippen LogP contribution in [0.5, 0.6) is 5.75 Å². The first kappa shape index (κ1) is 31.5. The number of methoxy groups -OCH3 is 2. The van der Waals surface area contributed by atoms with E-state index < -0.39 is 17.7 Å². The molecule has 0 saturated carbocycles. The second kappa shape index (κ2) is 13.8. The van der Waals surface area contributed by atoms with E-state index in [1.807, 2.05) is 0 Å². The van der Waals surface area contributed by atoms with E-state index in [0.717, 1.165) is 51.2 Å². The highest BCUT2D eigenvalue weighted by molar-refractivity contribution is 6.33. The van der Waals surface area contributed by atoms with Crippen LogP contribution in [0.2, 0.25) is 5.02 Å². The Morgan fingerprint density at radius 1 is 1.02 bits per heavy atom. The van der Waals surface area contributed by atoms with Crippen LogP contribution < -0.4 is 4.74 Å². The molecule has 0 aliphatic carbocycles. The number of hydrogen-bond acceptors (Lipinski definition) is 7. The van der Waals surface area contributed by atoms with E-state index in [9.17, 15) is 18.0 Å². The van der Waals surface area contributed by atoms with Crippen LogP contribution in [0.15, 0.2) is 36.4 Å². The molecular formula is C32H37ClF3N3O4. The van der Waals surface area contributed by atoms with Crippen molar-refractivity contribution in [3.63, 3.8) is 0 Å². The normalized spacial score (nSPS) is 17.3. The number of pyridine rings is 1. The van der Waals surface area contributed by atoms with Crippen LogP contribution in [0.4, 0.5) is 13.2 Å². The molecule has 2 aliphatic heterocycles. The third kappa shape index (κ3) is 7.25. The van der Waals surface area contributed by atoms with Gasteiger partial charge in [-0.1, -0.05) is 30.2 Å². The van der Waals surface area contributed by atoms with Crippen molar-refractivity contribution in [3.8, 4) is 17.0 Å². The van der Waals surface area contributed by atoms with E-state index in [2.05, 4.69) is 9.80 Å². The predicted molar refractivity (Wildman–Crippen MR) is 160 cm³/mol. The van der Waals surface area contributed by atoms with E-state index in [1.165, 1.54) is 32.4 Å². The SMILES string of the molecule is COCCOc1cc2nc(-c3cccc(C(F)(F)F)c3)c(CN3CCC(N4CCCCC4)CC3)c(C(=O)OC)c2cc1Cl. The molecule has 7 nitrogen and oxygen atoms in total. The standard InChI is InChI=1S/C32H37ClF3N3O4/c1-41-15-16-43-28-19-27-24(18-26(28)33)29(31(40)42-2)25(30(37-27)21-7-6-8-22(17-21)32(34,35)36)20-38-13-9-23(10-14-38)39-11-4-3-5-12-39/h6-8,17-19,23H,3-5,9-16,20H2,1-2H3. The van der Waals surface area contributed by atoms with Crippen LogP contribution in [0, 0.1) is 0 Å². The summed E-state index contributed by atoms with van der Waals surface area (Å²) in [6.45, 7) is 4.75. The van der Waals surface area contributed by atoms with Crippen LogP contribution in [0.25, 0.3) is 22.2 Å². The Hall–Kier alpha value is -2.92. The topological polar surface area (TPSA) is 64.1 Å². The lowest BCUT2D eigenvalue weighted by Crippen LogP contribution is -2.46. The lowest BCUT2D eigenvalue weighted by Gasteiger charge is -2.40. The molecule has 2 aliphatic rings. The number of benzene rings is 2. The van der Waals surface area contributed by atoms with E-state index >= 15 is 0 Å². The third-order valence-electron chi connectivity index (χ3n) is 8.38. The van der Waals surface area contributed by atoms with Crippen LogP contribution in [-0.4, -0.2) is 80.4 Å². The molecule has 232 valence electrons. The van der Waals surface area contributed by atoms with Gasteiger partial charge in [0.15, 0.2) is 0 Å². The predicted octanol–water partition coefficient (Wildman–Crippen LogP) is 6.84. The van der Waals surface area contributed by atoms with Crippen molar-refractivity contribution < 1.29 is 32.2 Å². The fraction of sp³-hybridized carbons (Fsp3) is 0.500. The highest BCUT2D eigenvalue weighted by Gasteiger charge is 2.32. The summed E-state index contributed by atoms with van der Waals surface area (Å²) < 4.78 is 57.3. The number of rotatable bonds is 9. The highest BCUT2D eigenvalue weighted by Crippen LogP contribution is 2.39. The summed E-state index contributed by atoms with van der Waals surface area (Å²) in [5.41, 5.74) is 0.874. The summed E-state index contributed by atoms with van der Waals surface area (Å²) in [5, 5.41) is 0.723. The Balaban J connectivity index is 1.59. The molecule has 3 aromatic rings. The van der Waals surface area contributed by atoms with E-state index in [1.54, 1.807) is 25.3 Å². The second-order valence-electron chi connectivity index (χ2n) is 11.1. The maximum atomic E-state index is 13.8. The Morgan fingerprint density at radius 3 is 2.44 bits per heavy atom. The van der Waals surface area contributed by atoms with Crippen LogP contribution in [0.3, 0.4) is 0 Å². The molecule has 2 aromatic carbocycles. The molecular weight excluding hydrogens is 583 g/mol. The summed E-state index contributed by atoms with van der Waals surface area (Å²) >= 11 is 6.58. The van der Waals surface area contributed by atoms with Crippen molar-refractivity contribution in [2.75, 3.05) is 53.6 Å². The Bertz CT molecular complexity index is 1440. The molecule has 0 atom stereocenters. The first-order chi connectivity index (χ1) is 20.7. The molecule has 0 N–H and O–H groups in total. The molecule has 0 amide bonds. The van der Waals surface area contributed by atoms with Gasteiger partial charge in [-0.25, -0.2) is 9.78 Å². The van der Waals surface area contributed by atoms with Gasteiger partial charge in [0.2, 0.25) is 0 Å². The van der Waals surface area contributed by atoms with Gasteiger partial charge in [0.1, 0.15) is 12.4 Å². The molecule has 5 rings (SSSR count). The maximum Gasteiger partial charge on any atom is 0.416 e. The average molecular weight is 620 g/mol. The minimum absolute atomic E-state index is 0.234. The highest BCUT2D eigenvalue weighted by atomic mass is 35.5. The Kier molecular flexibility index (Phi) is 10.1. The first-order valence-corrected chi connectivity index (χ1v) is 15.1. The van der Waals surface area contributed by atoms with Gasteiger partial charge in [-0.2, -0.15) is 13.2 Å². The number of halogens is 4. The molecule has 11 heteroatoms.